The predicted octanol–water partition coefficient (Wildman–Crippen LogP) is 1.96. The van der Waals surface area contributed by atoms with Gasteiger partial charge in [0.15, 0.2) is 0 Å². The van der Waals surface area contributed by atoms with Crippen LogP contribution in [0.2, 0.25) is 0 Å². The van der Waals surface area contributed by atoms with E-state index in [0.717, 1.165) is 19.3 Å². The summed E-state index contributed by atoms with van der Waals surface area (Å²) in [5, 5.41) is 0. The molecule has 0 unspecified atom stereocenters. The van der Waals surface area contributed by atoms with Crippen molar-refractivity contribution in [1.29, 1.82) is 0 Å². The number of thiocarbonyl (C=S) groups is 1. The molecule has 0 aromatic heterocycles. The number of nitrogens with two attached hydrogens (primary N) is 1. The Balaban J connectivity index is 2.68. The highest BCUT2D eigenvalue weighted by Gasteiger charge is 2.40. The van der Waals surface area contributed by atoms with Crippen LogP contribution in [0.3, 0.4) is 0 Å². The Labute approximate surface area is 134 Å². The molecular weight excluding hydrogens is 308 g/mol. The van der Waals surface area contributed by atoms with Crippen LogP contribution in [0.5, 0.6) is 0 Å². The maximum absolute atomic E-state index is 12.2. The molecule has 0 atom stereocenters. The first-order chi connectivity index (χ1) is 9.71. The second-order valence-corrected chi connectivity index (χ2v) is 8.42. The second-order valence-electron chi connectivity index (χ2n) is 6.14. The van der Waals surface area contributed by atoms with Crippen molar-refractivity contribution >= 4 is 27.2 Å². The lowest BCUT2D eigenvalue weighted by Crippen LogP contribution is -2.58. The Morgan fingerprint density at radius 1 is 1.43 bits per heavy atom. The molecule has 0 bridgehead atoms. The SMILES string of the molecule is CCC1CCC(NS(=O)(=O)CCOC(C)C)(C(N)=S)CC1. The fourth-order valence-corrected chi connectivity index (χ4v) is 4.37. The highest BCUT2D eigenvalue weighted by molar-refractivity contribution is 7.89. The van der Waals surface area contributed by atoms with Gasteiger partial charge in [-0.05, 0) is 45.4 Å². The monoisotopic (exact) mass is 336 g/mol. The topological polar surface area (TPSA) is 81.4 Å². The lowest BCUT2D eigenvalue weighted by atomic mass is 9.76. The van der Waals surface area contributed by atoms with Crippen molar-refractivity contribution in [2.75, 3.05) is 12.4 Å². The van der Waals surface area contributed by atoms with E-state index in [2.05, 4.69) is 11.6 Å². The van der Waals surface area contributed by atoms with E-state index in [1.54, 1.807) is 0 Å². The summed E-state index contributed by atoms with van der Waals surface area (Å²) in [5.41, 5.74) is 5.09. The van der Waals surface area contributed by atoms with E-state index >= 15 is 0 Å². The molecule has 1 saturated carbocycles. The van der Waals surface area contributed by atoms with Crippen LogP contribution in [0.1, 0.15) is 52.9 Å². The molecule has 0 spiro atoms. The standard InChI is InChI=1S/C14H28N2O3S2/c1-4-12-5-7-14(8-6-12,13(15)20)16-21(17,18)10-9-19-11(2)3/h11-12,16H,4-10H2,1-3H3,(H2,15,20). The van der Waals surface area contributed by atoms with Gasteiger partial charge in [-0.2, -0.15) is 0 Å². The first kappa shape index (κ1) is 18.8. The third-order valence-electron chi connectivity index (χ3n) is 4.16. The molecule has 21 heavy (non-hydrogen) atoms. The van der Waals surface area contributed by atoms with Gasteiger partial charge >= 0.3 is 0 Å². The van der Waals surface area contributed by atoms with Crippen LogP contribution in [-0.4, -0.2) is 37.4 Å². The van der Waals surface area contributed by atoms with Crippen molar-refractivity contribution in [3.05, 3.63) is 0 Å². The molecule has 0 heterocycles. The van der Waals surface area contributed by atoms with Gasteiger partial charge in [-0.3, -0.25) is 0 Å². The van der Waals surface area contributed by atoms with E-state index in [1.165, 1.54) is 0 Å². The van der Waals surface area contributed by atoms with Crippen LogP contribution in [0, 0.1) is 5.92 Å². The number of hydrogen-bond acceptors (Lipinski definition) is 4. The van der Waals surface area contributed by atoms with Crippen LogP contribution in [0.25, 0.3) is 0 Å². The summed E-state index contributed by atoms with van der Waals surface area (Å²) in [6.45, 7) is 6.09. The minimum absolute atomic E-state index is 0.0183. The summed E-state index contributed by atoms with van der Waals surface area (Å²) >= 11 is 5.14. The summed E-state index contributed by atoms with van der Waals surface area (Å²) in [5.74, 6) is 0.577. The van der Waals surface area contributed by atoms with Crippen LogP contribution in [-0.2, 0) is 14.8 Å². The van der Waals surface area contributed by atoms with E-state index in [0.29, 0.717) is 18.8 Å². The average molecular weight is 337 g/mol. The van der Waals surface area contributed by atoms with Crippen molar-refractivity contribution in [3.8, 4) is 0 Å². The lowest BCUT2D eigenvalue weighted by Gasteiger charge is -2.39. The van der Waals surface area contributed by atoms with Gasteiger partial charge in [0, 0.05) is 0 Å². The molecule has 1 aliphatic carbocycles. The quantitative estimate of drug-likeness (QED) is 0.662. The summed E-state index contributed by atoms with van der Waals surface area (Å²) in [4.78, 5) is 0.255. The second kappa shape index (κ2) is 7.85. The lowest BCUT2D eigenvalue weighted by molar-refractivity contribution is 0.0910. The molecule has 1 aliphatic rings. The fourth-order valence-electron chi connectivity index (χ4n) is 2.72. The molecule has 5 nitrogen and oxygen atoms in total. The maximum Gasteiger partial charge on any atom is 0.214 e. The molecule has 0 aliphatic heterocycles. The van der Waals surface area contributed by atoms with Gasteiger partial charge in [0.2, 0.25) is 10.0 Å². The van der Waals surface area contributed by atoms with E-state index in [9.17, 15) is 8.42 Å². The van der Waals surface area contributed by atoms with Gasteiger partial charge in [0.05, 0.1) is 29.0 Å². The third kappa shape index (κ3) is 5.81. The summed E-state index contributed by atoms with van der Waals surface area (Å²) in [6, 6.07) is 0. The van der Waals surface area contributed by atoms with E-state index in [1.807, 2.05) is 13.8 Å². The number of hydrogen-bond donors (Lipinski definition) is 2. The van der Waals surface area contributed by atoms with Gasteiger partial charge in [-0.25, -0.2) is 13.1 Å². The molecule has 0 radical (unpaired) electrons. The normalized spacial score (nSPS) is 27.0. The zero-order valence-electron chi connectivity index (χ0n) is 13.2. The predicted molar refractivity (Wildman–Crippen MR) is 89.8 cm³/mol. The Hall–Kier alpha value is -0.240. The molecule has 3 N–H and O–H groups in total. The smallest absolute Gasteiger partial charge is 0.214 e. The molecule has 124 valence electrons. The van der Waals surface area contributed by atoms with E-state index in [4.69, 9.17) is 22.7 Å². The van der Waals surface area contributed by atoms with Gasteiger partial charge in [-0.15, -0.1) is 0 Å². The first-order valence-electron chi connectivity index (χ1n) is 7.64. The van der Waals surface area contributed by atoms with Crippen molar-refractivity contribution < 1.29 is 13.2 Å². The van der Waals surface area contributed by atoms with Crippen molar-refractivity contribution in [3.63, 3.8) is 0 Å². The van der Waals surface area contributed by atoms with Crippen molar-refractivity contribution in [1.82, 2.24) is 4.72 Å². The number of rotatable bonds is 8. The zero-order chi connectivity index (χ0) is 16.1. The summed E-state index contributed by atoms with van der Waals surface area (Å²) < 4.78 is 32.5. The van der Waals surface area contributed by atoms with Crippen molar-refractivity contribution in [2.24, 2.45) is 11.7 Å². The van der Waals surface area contributed by atoms with Gasteiger partial charge in [-0.1, -0.05) is 25.6 Å². The van der Waals surface area contributed by atoms with E-state index in [-0.39, 0.29) is 23.5 Å². The average Bonchev–Trinajstić information content (AvgIpc) is 2.38. The zero-order valence-corrected chi connectivity index (χ0v) is 14.9. The van der Waals surface area contributed by atoms with Crippen LogP contribution >= 0.6 is 12.2 Å². The molecule has 1 rings (SSSR count). The number of nitrogens with one attached hydrogen (secondary N) is 1. The van der Waals surface area contributed by atoms with E-state index < -0.39 is 15.6 Å². The number of ether oxygens (including phenoxy) is 1. The largest absolute Gasteiger partial charge is 0.392 e. The molecule has 1 fully saturated rings. The third-order valence-corrected chi connectivity index (χ3v) is 5.96. The van der Waals surface area contributed by atoms with Gasteiger partial charge in [0.25, 0.3) is 0 Å². The van der Waals surface area contributed by atoms with Crippen molar-refractivity contribution in [2.45, 2.75) is 64.5 Å². The molecule has 0 aromatic rings. The first-order valence-corrected chi connectivity index (χ1v) is 9.70. The molecular formula is C14H28N2O3S2. The molecule has 7 heteroatoms. The highest BCUT2D eigenvalue weighted by atomic mass is 32.2. The molecule has 0 aromatic carbocycles. The van der Waals surface area contributed by atoms with Gasteiger partial charge in [0.1, 0.15) is 0 Å². The van der Waals surface area contributed by atoms with Crippen LogP contribution in [0.4, 0.5) is 0 Å². The minimum atomic E-state index is -3.45. The summed E-state index contributed by atoms with van der Waals surface area (Å²) in [7, 11) is -3.45. The van der Waals surface area contributed by atoms with Crippen LogP contribution < -0.4 is 10.5 Å². The minimum Gasteiger partial charge on any atom is -0.392 e. The van der Waals surface area contributed by atoms with Gasteiger partial charge < -0.3 is 10.5 Å². The Morgan fingerprint density at radius 3 is 2.43 bits per heavy atom. The number of sulfonamides is 1. The highest BCUT2D eigenvalue weighted by Crippen LogP contribution is 2.34. The Kier molecular flexibility index (Phi) is 7.03. The molecule has 0 amide bonds. The Bertz CT molecular complexity index is 441. The Morgan fingerprint density at radius 2 is 2.00 bits per heavy atom. The molecule has 0 saturated heterocycles. The summed E-state index contributed by atoms with van der Waals surface area (Å²) in [6.07, 6.45) is 4.42. The fraction of sp³-hybridized carbons (Fsp3) is 0.929. The maximum atomic E-state index is 12.2. The van der Waals surface area contributed by atoms with Crippen LogP contribution in [0.15, 0.2) is 0 Å².